The molecule has 0 bridgehead atoms. The summed E-state index contributed by atoms with van der Waals surface area (Å²) in [5, 5.41) is 0. The molecule has 0 aromatic carbocycles. The van der Waals surface area contributed by atoms with Crippen LogP contribution < -0.4 is 0 Å². The van der Waals surface area contributed by atoms with Crippen LogP contribution in [0.1, 0.15) is 19.8 Å². The molecule has 1 heterocycles. The Morgan fingerprint density at radius 2 is 2.21 bits per heavy atom. The maximum atomic E-state index is 11.0. The number of unbranched alkanes of at least 4 members (excludes halogenated alkanes) is 1. The van der Waals surface area contributed by atoms with E-state index >= 15 is 0 Å². The van der Waals surface area contributed by atoms with E-state index in [0.29, 0.717) is 6.67 Å². The van der Waals surface area contributed by atoms with Crippen molar-refractivity contribution in [2.24, 2.45) is 0 Å². The highest BCUT2D eigenvalue weighted by Crippen LogP contribution is 2.19. The van der Waals surface area contributed by atoms with Crippen molar-refractivity contribution < 1.29 is 16.9 Å². The van der Waals surface area contributed by atoms with Crippen LogP contribution in [-0.2, 0) is 10.3 Å². The van der Waals surface area contributed by atoms with Crippen LogP contribution >= 0.6 is 0 Å². The largest absolute Gasteiger partial charge is 0.438 e. The van der Waals surface area contributed by atoms with E-state index in [1.807, 2.05) is 4.90 Å². The lowest BCUT2D eigenvalue weighted by Crippen LogP contribution is -2.45. The van der Waals surface area contributed by atoms with Gasteiger partial charge in [0.2, 0.25) is 0 Å². The molecule has 0 fully saturated rings. The maximum Gasteiger partial charge on any atom is 0.438 e. The molecular formula is C8H17N2O3S+. The first-order valence-electron chi connectivity index (χ1n) is 4.65. The zero-order valence-corrected chi connectivity index (χ0v) is 9.37. The van der Waals surface area contributed by atoms with Gasteiger partial charge in [-0.1, -0.05) is 13.3 Å². The van der Waals surface area contributed by atoms with E-state index in [1.165, 1.54) is 13.2 Å². The molecule has 5 nitrogen and oxygen atoms in total. The highest BCUT2D eigenvalue weighted by molar-refractivity contribution is 7.80. The highest BCUT2D eigenvalue weighted by Gasteiger charge is 2.39. The van der Waals surface area contributed by atoms with Crippen LogP contribution in [0.4, 0.5) is 0 Å². The molecule has 0 saturated carbocycles. The van der Waals surface area contributed by atoms with Gasteiger partial charge < -0.3 is 4.90 Å². The van der Waals surface area contributed by atoms with Crippen LogP contribution in [0, 0.1) is 0 Å². The normalized spacial score (nSPS) is 27.2. The second-order valence-corrected chi connectivity index (χ2v) is 5.46. The first kappa shape index (κ1) is 11.5. The molecule has 1 unspecified atom stereocenters. The standard InChI is InChI=1S/C8H16N2O3S/c1-3-4-5-9-6-7-10(2,8-9)14(11,12)13/h6-7H,3-5,8H2,1-2H3/p+1. The lowest BCUT2D eigenvalue weighted by molar-refractivity contribution is -0.736. The van der Waals surface area contributed by atoms with Gasteiger partial charge in [-0.05, 0) is 6.42 Å². The lowest BCUT2D eigenvalue weighted by atomic mass is 10.3. The Labute approximate surface area is 85.1 Å². The smallest absolute Gasteiger partial charge is 0.325 e. The topological polar surface area (TPSA) is 57.6 Å². The number of hydrogen-bond donors (Lipinski definition) is 1. The fraction of sp³-hybridized carbons (Fsp3) is 0.750. The molecule has 6 heteroatoms. The third-order valence-corrected chi connectivity index (χ3v) is 3.67. The summed E-state index contributed by atoms with van der Waals surface area (Å²) in [6, 6.07) is 0. The van der Waals surface area contributed by atoms with Gasteiger partial charge in [0.25, 0.3) is 0 Å². The van der Waals surface area contributed by atoms with E-state index in [4.69, 9.17) is 4.55 Å². The zero-order valence-electron chi connectivity index (χ0n) is 8.55. The molecule has 0 aromatic rings. The third-order valence-electron chi connectivity index (χ3n) is 2.38. The SMILES string of the molecule is CCCCN1C=C[N+](C)(S(=O)(=O)O)C1. The molecule has 1 rings (SSSR count). The van der Waals surface area contributed by atoms with Crippen LogP contribution in [-0.4, -0.2) is 42.0 Å². The van der Waals surface area contributed by atoms with Gasteiger partial charge in [0.1, 0.15) is 6.20 Å². The van der Waals surface area contributed by atoms with Gasteiger partial charge >= 0.3 is 10.3 Å². The van der Waals surface area contributed by atoms with Crippen LogP contribution in [0.5, 0.6) is 0 Å². The van der Waals surface area contributed by atoms with Crippen molar-refractivity contribution in [3.63, 3.8) is 0 Å². The Kier molecular flexibility index (Phi) is 3.18. The van der Waals surface area contributed by atoms with E-state index in [0.717, 1.165) is 19.4 Å². The summed E-state index contributed by atoms with van der Waals surface area (Å²) in [6.07, 6.45) is 5.31. The van der Waals surface area contributed by atoms with E-state index in [9.17, 15) is 8.42 Å². The average molecular weight is 221 g/mol. The number of nitrogens with zero attached hydrogens (tertiary/aromatic N) is 2. The summed E-state index contributed by atoms with van der Waals surface area (Å²) in [6.45, 7) is 3.20. The van der Waals surface area contributed by atoms with Crippen LogP contribution in [0.3, 0.4) is 0 Å². The molecular weight excluding hydrogens is 204 g/mol. The Hall–Kier alpha value is -0.590. The maximum absolute atomic E-state index is 11.0. The van der Waals surface area contributed by atoms with Crippen molar-refractivity contribution >= 4 is 10.3 Å². The van der Waals surface area contributed by atoms with Crippen molar-refractivity contribution in [2.45, 2.75) is 19.8 Å². The quantitative estimate of drug-likeness (QED) is 0.563. The van der Waals surface area contributed by atoms with Crippen molar-refractivity contribution in [3.05, 3.63) is 12.4 Å². The molecule has 1 N–H and O–H groups in total. The first-order chi connectivity index (χ1) is 6.39. The summed E-state index contributed by atoms with van der Waals surface area (Å²) < 4.78 is 30.6. The Balaban J connectivity index is 2.62. The van der Waals surface area contributed by atoms with Crippen molar-refractivity contribution in [3.8, 4) is 0 Å². The first-order valence-corrected chi connectivity index (χ1v) is 6.05. The summed E-state index contributed by atoms with van der Waals surface area (Å²) in [5.74, 6) is 0. The molecule has 82 valence electrons. The molecule has 0 aromatic heterocycles. The molecule has 1 aliphatic heterocycles. The molecule has 0 saturated heterocycles. The van der Waals surface area contributed by atoms with Gasteiger partial charge in [-0.2, -0.15) is 3.89 Å². The molecule has 0 aliphatic carbocycles. The van der Waals surface area contributed by atoms with Crippen LogP contribution in [0.2, 0.25) is 0 Å². The molecule has 0 spiro atoms. The molecule has 0 radical (unpaired) electrons. The zero-order chi connectivity index (χ0) is 10.8. The minimum Gasteiger partial charge on any atom is -0.325 e. The van der Waals surface area contributed by atoms with E-state index in [2.05, 4.69) is 6.92 Å². The van der Waals surface area contributed by atoms with E-state index in [1.54, 1.807) is 6.20 Å². The Morgan fingerprint density at radius 3 is 2.64 bits per heavy atom. The van der Waals surface area contributed by atoms with Gasteiger partial charge in [-0.25, -0.2) is 4.55 Å². The molecule has 1 aliphatic rings. The van der Waals surface area contributed by atoms with Crippen LogP contribution in [0.15, 0.2) is 12.4 Å². The van der Waals surface area contributed by atoms with Gasteiger partial charge in [-0.15, -0.1) is 8.42 Å². The predicted octanol–water partition coefficient (Wildman–Crippen LogP) is 0.780. The molecule has 0 amide bonds. The van der Waals surface area contributed by atoms with E-state index < -0.39 is 14.2 Å². The lowest BCUT2D eigenvalue weighted by Gasteiger charge is -2.23. The summed E-state index contributed by atoms with van der Waals surface area (Å²) in [7, 11) is -2.58. The average Bonchev–Trinajstić information content (AvgIpc) is 2.44. The van der Waals surface area contributed by atoms with Crippen molar-refractivity contribution in [1.82, 2.24) is 4.90 Å². The minimum atomic E-state index is -4.05. The second kappa shape index (κ2) is 3.88. The van der Waals surface area contributed by atoms with Crippen molar-refractivity contribution in [1.29, 1.82) is 0 Å². The van der Waals surface area contributed by atoms with Crippen LogP contribution in [0.25, 0.3) is 0 Å². The van der Waals surface area contributed by atoms with E-state index in [-0.39, 0.29) is 0 Å². The predicted molar refractivity (Wildman–Crippen MR) is 53.4 cm³/mol. The summed E-state index contributed by atoms with van der Waals surface area (Å²) in [5.41, 5.74) is 0. The third kappa shape index (κ3) is 2.26. The van der Waals surface area contributed by atoms with Gasteiger partial charge in [0.05, 0.1) is 13.2 Å². The van der Waals surface area contributed by atoms with Gasteiger partial charge in [0.15, 0.2) is 6.67 Å². The fourth-order valence-corrected chi connectivity index (χ4v) is 1.85. The molecule has 1 atom stereocenters. The monoisotopic (exact) mass is 221 g/mol. The summed E-state index contributed by atoms with van der Waals surface area (Å²) >= 11 is 0. The van der Waals surface area contributed by atoms with Gasteiger partial charge in [0, 0.05) is 6.54 Å². The minimum absolute atomic E-state index is 0.291. The summed E-state index contributed by atoms with van der Waals surface area (Å²) in [4.78, 5) is 1.90. The molecule has 14 heavy (non-hydrogen) atoms. The van der Waals surface area contributed by atoms with Crippen molar-refractivity contribution in [2.75, 3.05) is 20.3 Å². The fourth-order valence-electron chi connectivity index (χ4n) is 1.35. The highest BCUT2D eigenvalue weighted by atomic mass is 32.2. The van der Waals surface area contributed by atoms with Gasteiger partial charge in [-0.3, -0.25) is 0 Å². The number of rotatable bonds is 4. The Morgan fingerprint density at radius 1 is 1.57 bits per heavy atom. The number of hydrogen-bond acceptors (Lipinski definition) is 3. The number of quaternary nitrogens is 1. The second-order valence-electron chi connectivity index (χ2n) is 3.73. The Bertz CT molecular complexity index is 325.